The third-order valence-corrected chi connectivity index (χ3v) is 8.11. The van der Waals surface area contributed by atoms with Crippen LogP contribution in [0.25, 0.3) is 0 Å². The van der Waals surface area contributed by atoms with Crippen molar-refractivity contribution in [3.63, 3.8) is 0 Å². The average molecular weight is 435 g/mol. The first-order chi connectivity index (χ1) is 13.9. The van der Waals surface area contributed by atoms with Gasteiger partial charge in [0.05, 0.1) is 23.1 Å². The summed E-state index contributed by atoms with van der Waals surface area (Å²) in [5.41, 5.74) is 1.70. The summed E-state index contributed by atoms with van der Waals surface area (Å²) in [7, 11) is -3.61. The minimum absolute atomic E-state index is 0.0451. The van der Waals surface area contributed by atoms with Gasteiger partial charge in [-0.05, 0) is 73.3 Å². The second-order valence-electron chi connectivity index (χ2n) is 7.82. The fraction of sp³-hybridized carbons (Fsp3) is 0.476. The SMILES string of the molecule is C[C@@H]1CN(S(=O)(=O)c2ccc(C(=O)N3CCC[C@H]3c3ccsc3)cc2)C[C@@H](C)O1. The van der Waals surface area contributed by atoms with Gasteiger partial charge in [-0.1, -0.05) is 0 Å². The van der Waals surface area contributed by atoms with Gasteiger partial charge in [0.1, 0.15) is 0 Å². The van der Waals surface area contributed by atoms with Gasteiger partial charge in [0, 0.05) is 25.2 Å². The summed E-state index contributed by atoms with van der Waals surface area (Å²) >= 11 is 1.64. The van der Waals surface area contributed by atoms with Crippen LogP contribution in [-0.4, -0.2) is 55.4 Å². The average Bonchev–Trinajstić information content (AvgIpc) is 3.38. The number of hydrogen-bond donors (Lipinski definition) is 0. The molecule has 1 aromatic heterocycles. The summed E-state index contributed by atoms with van der Waals surface area (Å²) in [4.78, 5) is 15.2. The van der Waals surface area contributed by atoms with E-state index in [1.54, 1.807) is 35.6 Å². The Kier molecular flexibility index (Phi) is 5.79. The smallest absolute Gasteiger partial charge is 0.254 e. The zero-order valence-corrected chi connectivity index (χ0v) is 18.3. The van der Waals surface area contributed by atoms with Crippen LogP contribution in [0.4, 0.5) is 0 Å². The molecule has 0 radical (unpaired) electrons. The normalized spacial score (nSPS) is 26.0. The molecule has 0 aliphatic carbocycles. The number of likely N-dealkylation sites (tertiary alicyclic amines) is 1. The highest BCUT2D eigenvalue weighted by atomic mass is 32.2. The first-order valence-corrected chi connectivity index (χ1v) is 12.3. The fourth-order valence-corrected chi connectivity index (χ4v) is 6.53. The number of ether oxygens (including phenoxy) is 1. The molecule has 2 aromatic rings. The van der Waals surface area contributed by atoms with Crippen LogP contribution in [0.2, 0.25) is 0 Å². The quantitative estimate of drug-likeness (QED) is 0.738. The van der Waals surface area contributed by atoms with Crippen molar-refractivity contribution in [2.75, 3.05) is 19.6 Å². The van der Waals surface area contributed by atoms with E-state index < -0.39 is 10.0 Å². The number of benzene rings is 1. The fourth-order valence-electron chi connectivity index (χ4n) is 4.23. The van der Waals surface area contributed by atoms with Gasteiger partial charge in [0.2, 0.25) is 10.0 Å². The van der Waals surface area contributed by atoms with E-state index >= 15 is 0 Å². The lowest BCUT2D eigenvalue weighted by atomic mass is 10.1. The number of amides is 1. The number of morpholine rings is 1. The predicted molar refractivity (Wildman–Crippen MR) is 113 cm³/mol. The lowest BCUT2D eigenvalue weighted by Gasteiger charge is -2.34. The molecule has 3 heterocycles. The van der Waals surface area contributed by atoms with Gasteiger partial charge in [-0.3, -0.25) is 4.79 Å². The molecule has 2 saturated heterocycles. The molecule has 6 nitrogen and oxygen atoms in total. The Morgan fingerprint density at radius 2 is 1.79 bits per heavy atom. The van der Waals surface area contributed by atoms with Crippen molar-refractivity contribution in [3.05, 3.63) is 52.2 Å². The molecule has 0 spiro atoms. The van der Waals surface area contributed by atoms with Gasteiger partial charge in [0.15, 0.2) is 0 Å². The molecule has 0 unspecified atom stereocenters. The van der Waals surface area contributed by atoms with Gasteiger partial charge >= 0.3 is 0 Å². The summed E-state index contributed by atoms with van der Waals surface area (Å²) in [6, 6.07) is 8.53. The van der Waals surface area contributed by atoms with Crippen molar-refractivity contribution in [1.82, 2.24) is 9.21 Å². The maximum Gasteiger partial charge on any atom is 0.254 e. The van der Waals surface area contributed by atoms with Crippen molar-refractivity contribution >= 4 is 27.3 Å². The van der Waals surface area contributed by atoms with E-state index in [1.807, 2.05) is 24.1 Å². The molecule has 0 N–H and O–H groups in total. The van der Waals surface area contributed by atoms with E-state index in [-0.39, 0.29) is 29.1 Å². The van der Waals surface area contributed by atoms with Gasteiger partial charge in [-0.25, -0.2) is 8.42 Å². The molecular formula is C21H26N2O4S2. The second kappa shape index (κ2) is 8.18. The summed E-state index contributed by atoms with van der Waals surface area (Å²) in [5, 5.41) is 4.12. The Hall–Kier alpha value is -1.74. The van der Waals surface area contributed by atoms with Crippen LogP contribution in [0.5, 0.6) is 0 Å². The highest BCUT2D eigenvalue weighted by Gasteiger charge is 2.33. The Morgan fingerprint density at radius 1 is 1.10 bits per heavy atom. The number of nitrogens with zero attached hydrogens (tertiary/aromatic N) is 2. The van der Waals surface area contributed by atoms with E-state index in [0.29, 0.717) is 18.7 Å². The third-order valence-electron chi connectivity index (χ3n) is 5.57. The van der Waals surface area contributed by atoms with Crippen LogP contribution >= 0.6 is 11.3 Å². The van der Waals surface area contributed by atoms with E-state index in [2.05, 4.69) is 11.4 Å². The highest BCUT2D eigenvalue weighted by molar-refractivity contribution is 7.89. The Bertz CT molecular complexity index is 947. The van der Waals surface area contributed by atoms with Crippen molar-refractivity contribution in [2.24, 2.45) is 0 Å². The van der Waals surface area contributed by atoms with E-state index in [1.165, 1.54) is 9.87 Å². The first-order valence-electron chi connectivity index (χ1n) is 9.95. The number of sulfonamides is 1. The Morgan fingerprint density at radius 3 is 2.41 bits per heavy atom. The number of thiophene rings is 1. The zero-order chi connectivity index (χ0) is 20.6. The molecule has 3 atom stereocenters. The van der Waals surface area contributed by atoms with Gasteiger partial charge < -0.3 is 9.64 Å². The van der Waals surface area contributed by atoms with Crippen LogP contribution < -0.4 is 0 Å². The number of rotatable bonds is 4. The lowest BCUT2D eigenvalue weighted by Crippen LogP contribution is -2.48. The molecular weight excluding hydrogens is 408 g/mol. The molecule has 0 saturated carbocycles. The minimum Gasteiger partial charge on any atom is -0.373 e. The van der Waals surface area contributed by atoms with E-state index in [9.17, 15) is 13.2 Å². The third kappa shape index (κ3) is 4.12. The van der Waals surface area contributed by atoms with Crippen LogP contribution in [0.1, 0.15) is 48.7 Å². The van der Waals surface area contributed by atoms with Gasteiger partial charge in [0.25, 0.3) is 5.91 Å². The Balaban J connectivity index is 1.52. The zero-order valence-electron chi connectivity index (χ0n) is 16.7. The first kappa shape index (κ1) is 20.5. The van der Waals surface area contributed by atoms with Crippen LogP contribution in [0, 0.1) is 0 Å². The summed E-state index contributed by atoms with van der Waals surface area (Å²) < 4.78 is 33.1. The lowest BCUT2D eigenvalue weighted by molar-refractivity contribution is -0.0440. The molecule has 4 rings (SSSR count). The standard InChI is InChI=1S/C21H26N2O4S2/c1-15-12-22(13-16(2)27-15)29(25,26)19-7-5-17(6-8-19)21(24)23-10-3-4-20(23)18-9-11-28-14-18/h5-9,11,14-16,20H,3-4,10,12-13H2,1-2H3/t15-,16-,20+/m1/s1. The van der Waals surface area contributed by atoms with Crippen LogP contribution in [0.15, 0.2) is 46.0 Å². The van der Waals surface area contributed by atoms with Crippen molar-refractivity contribution < 1.29 is 17.9 Å². The number of hydrogen-bond acceptors (Lipinski definition) is 5. The van der Waals surface area contributed by atoms with Crippen molar-refractivity contribution in [1.29, 1.82) is 0 Å². The molecule has 29 heavy (non-hydrogen) atoms. The second-order valence-corrected chi connectivity index (χ2v) is 10.5. The largest absolute Gasteiger partial charge is 0.373 e. The molecule has 2 fully saturated rings. The van der Waals surface area contributed by atoms with Gasteiger partial charge in [-0.15, -0.1) is 0 Å². The highest BCUT2D eigenvalue weighted by Crippen LogP contribution is 2.34. The predicted octanol–water partition coefficient (Wildman–Crippen LogP) is 3.52. The summed E-state index contributed by atoms with van der Waals surface area (Å²) in [6.45, 7) is 5.15. The van der Waals surface area contributed by atoms with E-state index in [4.69, 9.17) is 4.74 Å². The monoisotopic (exact) mass is 434 g/mol. The minimum atomic E-state index is -3.61. The van der Waals surface area contributed by atoms with Gasteiger partial charge in [-0.2, -0.15) is 15.6 Å². The van der Waals surface area contributed by atoms with Crippen LogP contribution in [-0.2, 0) is 14.8 Å². The molecule has 1 amide bonds. The molecule has 8 heteroatoms. The molecule has 0 bridgehead atoms. The number of carbonyl (C=O) groups is 1. The number of carbonyl (C=O) groups excluding carboxylic acids is 1. The van der Waals surface area contributed by atoms with E-state index in [0.717, 1.165) is 19.4 Å². The molecule has 2 aliphatic rings. The maximum absolute atomic E-state index is 13.1. The Labute approximate surface area is 176 Å². The molecule has 1 aromatic carbocycles. The van der Waals surface area contributed by atoms with Crippen LogP contribution in [0.3, 0.4) is 0 Å². The maximum atomic E-state index is 13.1. The summed E-state index contributed by atoms with van der Waals surface area (Å²) in [5.74, 6) is -0.0451. The molecule has 156 valence electrons. The van der Waals surface area contributed by atoms with Crippen molar-refractivity contribution in [3.8, 4) is 0 Å². The topological polar surface area (TPSA) is 66.9 Å². The van der Waals surface area contributed by atoms with Crippen molar-refractivity contribution in [2.45, 2.75) is 49.8 Å². The summed E-state index contributed by atoms with van der Waals surface area (Å²) in [6.07, 6.45) is 1.66. The molecule has 2 aliphatic heterocycles.